The van der Waals surface area contributed by atoms with Crippen molar-refractivity contribution in [3.63, 3.8) is 0 Å². The molecule has 2 nitrogen and oxygen atoms in total. The Labute approximate surface area is 145 Å². The van der Waals surface area contributed by atoms with Crippen LogP contribution < -0.4 is 5.32 Å². The average Bonchev–Trinajstić information content (AvgIpc) is 2.59. The summed E-state index contributed by atoms with van der Waals surface area (Å²) < 4.78 is 13.4. The van der Waals surface area contributed by atoms with E-state index in [-0.39, 0.29) is 5.75 Å². The van der Waals surface area contributed by atoms with Crippen LogP contribution in [0.1, 0.15) is 11.1 Å². The van der Waals surface area contributed by atoms with E-state index in [1.165, 1.54) is 22.6 Å². The van der Waals surface area contributed by atoms with Crippen molar-refractivity contribution in [2.24, 2.45) is 0 Å². The summed E-state index contributed by atoms with van der Waals surface area (Å²) in [5.41, 5.74) is 3.01. The fourth-order valence-corrected chi connectivity index (χ4v) is 3.24. The Morgan fingerprint density at radius 1 is 1.00 bits per heavy atom. The van der Waals surface area contributed by atoms with E-state index < -0.39 is 5.82 Å². The first kappa shape index (κ1) is 16.4. The van der Waals surface area contributed by atoms with Gasteiger partial charge in [-0.1, -0.05) is 47.7 Å². The van der Waals surface area contributed by atoms with E-state index in [0.717, 1.165) is 10.5 Å². The molecule has 0 saturated heterocycles. The van der Waals surface area contributed by atoms with Crippen molar-refractivity contribution in [1.29, 1.82) is 0 Å². The van der Waals surface area contributed by atoms with Gasteiger partial charge in [-0.15, -0.1) is 0 Å². The first-order valence-electron chi connectivity index (χ1n) is 7.66. The third-order valence-electron chi connectivity index (χ3n) is 3.65. The lowest BCUT2D eigenvalue weighted by atomic mass is 10.2. The van der Waals surface area contributed by atoms with E-state index in [0.29, 0.717) is 12.2 Å². The van der Waals surface area contributed by atoms with Crippen molar-refractivity contribution < 1.29 is 9.50 Å². The van der Waals surface area contributed by atoms with Crippen molar-refractivity contribution in [2.45, 2.75) is 23.3 Å². The van der Waals surface area contributed by atoms with Crippen LogP contribution in [-0.4, -0.2) is 5.11 Å². The fraction of sp³-hybridized carbons (Fsp3) is 0.100. The highest BCUT2D eigenvalue weighted by Crippen LogP contribution is 2.31. The molecule has 0 aliphatic heterocycles. The van der Waals surface area contributed by atoms with Gasteiger partial charge in [-0.3, -0.25) is 0 Å². The van der Waals surface area contributed by atoms with Gasteiger partial charge in [-0.05, 0) is 42.8 Å². The number of phenolic OH excluding ortho intramolecular Hbond substituents is 1. The molecule has 0 atom stereocenters. The smallest absolute Gasteiger partial charge is 0.166 e. The Kier molecular flexibility index (Phi) is 5.06. The number of benzene rings is 3. The number of phenols is 1. The SMILES string of the molecule is Cc1ccc(Sc2ccccc2CNc2ccc(O)c(F)c2)cc1. The maximum Gasteiger partial charge on any atom is 0.166 e. The van der Waals surface area contributed by atoms with Gasteiger partial charge in [-0.2, -0.15) is 0 Å². The number of aryl methyl sites for hydroxylation is 1. The van der Waals surface area contributed by atoms with E-state index in [9.17, 15) is 9.50 Å². The van der Waals surface area contributed by atoms with Gasteiger partial charge in [0.05, 0.1) is 0 Å². The molecule has 3 aromatic rings. The summed E-state index contributed by atoms with van der Waals surface area (Å²) in [6.45, 7) is 2.66. The Bertz CT molecular complexity index is 833. The Hall–Kier alpha value is -2.46. The number of halogens is 1. The van der Waals surface area contributed by atoms with Crippen LogP contribution >= 0.6 is 11.8 Å². The van der Waals surface area contributed by atoms with Crippen LogP contribution in [0.15, 0.2) is 76.5 Å². The zero-order chi connectivity index (χ0) is 16.9. The number of aromatic hydroxyl groups is 1. The predicted octanol–water partition coefficient (Wildman–Crippen LogP) is 5.60. The second-order valence-electron chi connectivity index (χ2n) is 5.54. The molecular weight excluding hydrogens is 321 g/mol. The van der Waals surface area contributed by atoms with Gasteiger partial charge in [0.15, 0.2) is 11.6 Å². The highest BCUT2D eigenvalue weighted by atomic mass is 32.2. The third kappa shape index (κ3) is 4.09. The number of rotatable bonds is 5. The van der Waals surface area contributed by atoms with E-state index >= 15 is 0 Å². The highest BCUT2D eigenvalue weighted by molar-refractivity contribution is 7.99. The Morgan fingerprint density at radius 3 is 2.50 bits per heavy atom. The second-order valence-corrected chi connectivity index (χ2v) is 6.66. The number of nitrogens with one attached hydrogen (secondary N) is 1. The lowest BCUT2D eigenvalue weighted by Crippen LogP contribution is -2.01. The molecule has 0 heterocycles. The minimum atomic E-state index is -0.623. The van der Waals surface area contributed by atoms with Gasteiger partial charge < -0.3 is 10.4 Å². The zero-order valence-corrected chi connectivity index (χ0v) is 14.1. The molecule has 0 bridgehead atoms. The zero-order valence-electron chi connectivity index (χ0n) is 13.3. The van der Waals surface area contributed by atoms with E-state index in [2.05, 4.69) is 48.6 Å². The molecule has 122 valence electrons. The van der Waals surface area contributed by atoms with E-state index in [1.807, 2.05) is 12.1 Å². The third-order valence-corrected chi connectivity index (χ3v) is 4.78. The maximum absolute atomic E-state index is 13.4. The predicted molar refractivity (Wildman–Crippen MR) is 97.1 cm³/mol. The minimum absolute atomic E-state index is 0.337. The quantitative estimate of drug-likeness (QED) is 0.593. The summed E-state index contributed by atoms with van der Waals surface area (Å²) in [5, 5.41) is 12.5. The molecule has 2 N–H and O–H groups in total. The van der Waals surface area contributed by atoms with Crippen molar-refractivity contribution in [2.75, 3.05) is 5.32 Å². The maximum atomic E-state index is 13.4. The van der Waals surface area contributed by atoms with Crippen LogP contribution in [0.2, 0.25) is 0 Å². The minimum Gasteiger partial charge on any atom is -0.505 e. The van der Waals surface area contributed by atoms with Crippen LogP contribution in [0.5, 0.6) is 5.75 Å². The molecule has 24 heavy (non-hydrogen) atoms. The van der Waals surface area contributed by atoms with Crippen molar-refractivity contribution >= 4 is 17.4 Å². The van der Waals surface area contributed by atoms with Crippen molar-refractivity contribution in [3.05, 3.63) is 83.7 Å². The highest BCUT2D eigenvalue weighted by Gasteiger charge is 2.06. The van der Waals surface area contributed by atoms with Gasteiger partial charge in [-0.25, -0.2) is 4.39 Å². The number of hydrogen-bond acceptors (Lipinski definition) is 3. The summed E-state index contributed by atoms with van der Waals surface area (Å²) in [7, 11) is 0. The molecular formula is C20H18FNOS. The summed E-state index contributed by atoms with van der Waals surface area (Å²) in [5.74, 6) is -0.960. The molecule has 0 aromatic heterocycles. The van der Waals surface area contributed by atoms with Crippen LogP contribution in [0.4, 0.5) is 10.1 Å². The first-order valence-corrected chi connectivity index (χ1v) is 8.48. The largest absolute Gasteiger partial charge is 0.505 e. The van der Waals surface area contributed by atoms with Crippen LogP contribution in [-0.2, 0) is 6.54 Å². The number of anilines is 1. The summed E-state index contributed by atoms with van der Waals surface area (Å²) in [6.07, 6.45) is 0. The molecule has 0 unspecified atom stereocenters. The summed E-state index contributed by atoms with van der Waals surface area (Å²) in [6, 6.07) is 20.9. The fourth-order valence-electron chi connectivity index (χ4n) is 2.30. The first-order chi connectivity index (χ1) is 11.6. The molecule has 0 fully saturated rings. The Balaban J connectivity index is 1.74. The van der Waals surface area contributed by atoms with Gasteiger partial charge in [0.2, 0.25) is 0 Å². The molecule has 0 spiro atoms. The second kappa shape index (κ2) is 7.41. The summed E-state index contributed by atoms with van der Waals surface area (Å²) in [4.78, 5) is 2.34. The van der Waals surface area contributed by atoms with E-state index in [1.54, 1.807) is 17.8 Å². The van der Waals surface area contributed by atoms with E-state index in [4.69, 9.17) is 0 Å². The van der Waals surface area contributed by atoms with Crippen LogP contribution in [0.3, 0.4) is 0 Å². The lowest BCUT2D eigenvalue weighted by molar-refractivity contribution is 0.432. The summed E-state index contributed by atoms with van der Waals surface area (Å²) >= 11 is 1.71. The molecule has 0 saturated carbocycles. The van der Waals surface area contributed by atoms with Crippen molar-refractivity contribution in [1.82, 2.24) is 0 Å². The Morgan fingerprint density at radius 2 is 1.75 bits per heavy atom. The van der Waals surface area contributed by atoms with Crippen molar-refractivity contribution in [3.8, 4) is 5.75 Å². The molecule has 0 aliphatic rings. The van der Waals surface area contributed by atoms with Gasteiger partial charge >= 0.3 is 0 Å². The standard InChI is InChI=1S/C20H18FNOS/c1-14-6-9-17(10-7-14)24-20-5-3-2-4-15(20)13-22-16-8-11-19(23)18(21)12-16/h2-12,22-23H,13H2,1H3. The molecule has 3 rings (SSSR count). The molecule has 4 heteroatoms. The topological polar surface area (TPSA) is 32.3 Å². The lowest BCUT2D eigenvalue weighted by Gasteiger charge is -2.12. The van der Waals surface area contributed by atoms with Gasteiger partial charge in [0.25, 0.3) is 0 Å². The van der Waals surface area contributed by atoms with Gasteiger partial charge in [0, 0.05) is 28.1 Å². The molecule has 0 amide bonds. The monoisotopic (exact) mass is 339 g/mol. The molecule has 0 aliphatic carbocycles. The average molecular weight is 339 g/mol. The van der Waals surface area contributed by atoms with Crippen LogP contribution in [0.25, 0.3) is 0 Å². The molecule has 0 radical (unpaired) electrons. The van der Waals surface area contributed by atoms with Gasteiger partial charge in [0.1, 0.15) is 0 Å². The number of hydrogen-bond donors (Lipinski definition) is 2. The molecule has 3 aromatic carbocycles. The van der Waals surface area contributed by atoms with Crippen LogP contribution in [0, 0.1) is 12.7 Å². The normalized spacial score (nSPS) is 10.6.